The van der Waals surface area contributed by atoms with E-state index in [1.165, 1.54) is 11.3 Å². The lowest BCUT2D eigenvalue weighted by atomic mass is 9.85. The molecule has 1 aromatic carbocycles. The van der Waals surface area contributed by atoms with Crippen LogP contribution >= 0.6 is 0 Å². The van der Waals surface area contributed by atoms with Crippen molar-refractivity contribution in [1.82, 2.24) is 0 Å². The monoisotopic (exact) mass is 255 g/mol. The summed E-state index contributed by atoms with van der Waals surface area (Å²) in [7, 11) is 4.11. The number of hydrogen-bond donors (Lipinski definition) is 0. The van der Waals surface area contributed by atoms with Crippen LogP contribution < -0.4 is 4.90 Å². The Hall–Kier alpha value is -1.76. The Balaban J connectivity index is 3.29. The van der Waals surface area contributed by atoms with Crippen LogP contribution in [0.3, 0.4) is 0 Å². The minimum Gasteiger partial charge on any atom is -0.377 e. The van der Waals surface area contributed by atoms with Gasteiger partial charge in [-0.05, 0) is 22.6 Å². The zero-order valence-electron chi connectivity index (χ0n) is 12.8. The summed E-state index contributed by atoms with van der Waals surface area (Å²) in [5.74, 6) is 0. The maximum atomic E-state index is 4.18. The summed E-state index contributed by atoms with van der Waals surface area (Å²) in [6, 6.07) is 8.35. The van der Waals surface area contributed by atoms with E-state index in [-0.39, 0.29) is 5.41 Å². The predicted molar refractivity (Wildman–Crippen MR) is 87.5 cm³/mol. The predicted octanol–water partition coefficient (Wildman–Crippen LogP) is 4.92. The highest BCUT2D eigenvalue weighted by Gasteiger charge is 2.14. The first-order valence-corrected chi connectivity index (χ1v) is 6.57. The van der Waals surface area contributed by atoms with Gasteiger partial charge >= 0.3 is 0 Å². The van der Waals surface area contributed by atoms with Crippen LogP contribution in [0.15, 0.2) is 55.1 Å². The van der Waals surface area contributed by atoms with Crippen molar-refractivity contribution >= 4 is 11.3 Å². The molecule has 0 aliphatic rings. The molecule has 1 nitrogen and oxygen atoms in total. The van der Waals surface area contributed by atoms with E-state index in [0.717, 1.165) is 11.1 Å². The van der Waals surface area contributed by atoms with Gasteiger partial charge in [0.1, 0.15) is 0 Å². The highest BCUT2D eigenvalue weighted by atomic mass is 15.1. The number of para-hydroxylation sites is 1. The zero-order valence-corrected chi connectivity index (χ0v) is 12.8. The van der Waals surface area contributed by atoms with Crippen molar-refractivity contribution in [2.45, 2.75) is 20.8 Å². The standard InChI is InChI=1S/C18H25N/c1-8-15(13-14(2)18(3,4)5)16-11-9-10-12-17(16)19(6)7/h8-13H,1-2H2,3-7H3/b15-13+. The van der Waals surface area contributed by atoms with Gasteiger partial charge in [0.25, 0.3) is 0 Å². The molecule has 0 fully saturated rings. The summed E-state index contributed by atoms with van der Waals surface area (Å²) >= 11 is 0. The highest BCUT2D eigenvalue weighted by molar-refractivity contribution is 5.83. The van der Waals surface area contributed by atoms with Crippen LogP contribution in [0, 0.1) is 5.41 Å². The fourth-order valence-corrected chi connectivity index (χ4v) is 1.76. The summed E-state index contributed by atoms with van der Waals surface area (Å²) in [5, 5.41) is 0. The summed E-state index contributed by atoms with van der Waals surface area (Å²) in [6.45, 7) is 14.6. The van der Waals surface area contributed by atoms with Gasteiger partial charge in [0.2, 0.25) is 0 Å². The Morgan fingerprint density at radius 2 is 1.74 bits per heavy atom. The van der Waals surface area contributed by atoms with Crippen LogP contribution in [0.1, 0.15) is 26.3 Å². The maximum Gasteiger partial charge on any atom is 0.0440 e. The minimum atomic E-state index is 0.0708. The van der Waals surface area contributed by atoms with Crippen molar-refractivity contribution in [3.05, 3.63) is 60.7 Å². The van der Waals surface area contributed by atoms with Gasteiger partial charge in [0.05, 0.1) is 0 Å². The van der Waals surface area contributed by atoms with E-state index in [0.29, 0.717) is 0 Å². The van der Waals surface area contributed by atoms with E-state index in [2.05, 4.69) is 83.3 Å². The molecular weight excluding hydrogens is 230 g/mol. The number of benzene rings is 1. The minimum absolute atomic E-state index is 0.0708. The molecule has 0 heterocycles. The third-order valence-corrected chi connectivity index (χ3v) is 3.21. The van der Waals surface area contributed by atoms with Crippen LogP contribution in [0.2, 0.25) is 0 Å². The second-order valence-electron chi connectivity index (χ2n) is 5.99. The maximum absolute atomic E-state index is 4.18. The molecule has 1 heteroatoms. The smallest absolute Gasteiger partial charge is 0.0440 e. The molecule has 0 aliphatic heterocycles. The largest absolute Gasteiger partial charge is 0.377 e. The number of hydrogen-bond acceptors (Lipinski definition) is 1. The average Bonchev–Trinajstić information content (AvgIpc) is 2.34. The van der Waals surface area contributed by atoms with E-state index >= 15 is 0 Å². The number of allylic oxidation sites excluding steroid dienone is 4. The first-order valence-electron chi connectivity index (χ1n) is 6.57. The second kappa shape index (κ2) is 5.92. The molecule has 0 N–H and O–H groups in total. The quantitative estimate of drug-likeness (QED) is 0.690. The van der Waals surface area contributed by atoms with E-state index in [9.17, 15) is 0 Å². The molecular formula is C18H25N. The summed E-state index contributed by atoms with van der Waals surface area (Å²) in [6.07, 6.45) is 4.04. The van der Waals surface area contributed by atoms with Gasteiger partial charge < -0.3 is 4.90 Å². The van der Waals surface area contributed by atoms with Gasteiger partial charge in [0, 0.05) is 25.3 Å². The first-order chi connectivity index (χ1) is 8.77. The fourth-order valence-electron chi connectivity index (χ4n) is 1.76. The molecule has 1 rings (SSSR count). The Kier molecular flexibility index (Phi) is 4.77. The topological polar surface area (TPSA) is 3.24 Å². The lowest BCUT2D eigenvalue weighted by molar-refractivity contribution is 0.519. The summed E-state index contributed by atoms with van der Waals surface area (Å²) in [5.41, 5.74) is 4.67. The van der Waals surface area contributed by atoms with Crippen molar-refractivity contribution in [2.75, 3.05) is 19.0 Å². The van der Waals surface area contributed by atoms with Crippen LogP contribution in [0.5, 0.6) is 0 Å². The van der Waals surface area contributed by atoms with Crippen LogP contribution in [0.4, 0.5) is 5.69 Å². The second-order valence-corrected chi connectivity index (χ2v) is 5.99. The van der Waals surface area contributed by atoms with Gasteiger partial charge in [-0.3, -0.25) is 0 Å². The van der Waals surface area contributed by atoms with Gasteiger partial charge in [-0.1, -0.05) is 64.3 Å². The molecule has 0 aromatic heterocycles. The lowest BCUT2D eigenvalue weighted by Crippen LogP contribution is -2.11. The molecule has 0 radical (unpaired) electrons. The van der Waals surface area contributed by atoms with Gasteiger partial charge in [-0.25, -0.2) is 0 Å². The van der Waals surface area contributed by atoms with E-state index in [1.807, 2.05) is 6.08 Å². The normalized spacial score (nSPS) is 12.2. The van der Waals surface area contributed by atoms with Gasteiger partial charge in [-0.2, -0.15) is 0 Å². The molecule has 102 valence electrons. The fraction of sp³-hybridized carbons (Fsp3) is 0.333. The Bertz CT molecular complexity index is 499. The van der Waals surface area contributed by atoms with Gasteiger partial charge in [-0.15, -0.1) is 0 Å². The van der Waals surface area contributed by atoms with Crippen molar-refractivity contribution in [2.24, 2.45) is 5.41 Å². The summed E-state index contributed by atoms with van der Waals surface area (Å²) in [4.78, 5) is 2.12. The van der Waals surface area contributed by atoms with Crippen LogP contribution in [0.25, 0.3) is 5.57 Å². The third kappa shape index (κ3) is 3.85. The molecule has 0 unspecified atom stereocenters. The van der Waals surface area contributed by atoms with Crippen LogP contribution in [-0.2, 0) is 0 Å². The molecule has 0 bridgehead atoms. The number of anilines is 1. The summed E-state index contributed by atoms with van der Waals surface area (Å²) < 4.78 is 0. The lowest BCUT2D eigenvalue weighted by Gasteiger charge is -2.22. The van der Waals surface area contributed by atoms with E-state index in [4.69, 9.17) is 0 Å². The van der Waals surface area contributed by atoms with Crippen LogP contribution in [-0.4, -0.2) is 14.1 Å². The Morgan fingerprint density at radius 1 is 1.16 bits per heavy atom. The first kappa shape index (κ1) is 15.3. The number of nitrogens with zero attached hydrogens (tertiary/aromatic N) is 1. The highest BCUT2D eigenvalue weighted by Crippen LogP contribution is 2.31. The molecule has 0 saturated heterocycles. The van der Waals surface area contributed by atoms with Crippen molar-refractivity contribution < 1.29 is 0 Å². The molecule has 0 amide bonds. The molecule has 0 atom stereocenters. The van der Waals surface area contributed by atoms with Crippen molar-refractivity contribution in [3.63, 3.8) is 0 Å². The Labute approximate surface area is 118 Å². The molecule has 1 aromatic rings. The van der Waals surface area contributed by atoms with Gasteiger partial charge in [0.15, 0.2) is 0 Å². The molecule has 0 aliphatic carbocycles. The average molecular weight is 255 g/mol. The Morgan fingerprint density at radius 3 is 2.21 bits per heavy atom. The molecule has 0 saturated carbocycles. The zero-order chi connectivity index (χ0) is 14.6. The SMILES string of the molecule is C=C/C(=C\C(=C)C(C)(C)C)c1ccccc1N(C)C. The molecule has 19 heavy (non-hydrogen) atoms. The third-order valence-electron chi connectivity index (χ3n) is 3.21. The van der Waals surface area contributed by atoms with E-state index < -0.39 is 0 Å². The van der Waals surface area contributed by atoms with Crippen molar-refractivity contribution in [1.29, 1.82) is 0 Å². The van der Waals surface area contributed by atoms with E-state index in [1.54, 1.807) is 0 Å². The van der Waals surface area contributed by atoms with Crippen molar-refractivity contribution in [3.8, 4) is 0 Å². The molecule has 0 spiro atoms. The number of rotatable bonds is 4.